The van der Waals surface area contributed by atoms with Crippen molar-refractivity contribution in [2.45, 2.75) is 72.5 Å². The summed E-state index contributed by atoms with van der Waals surface area (Å²) in [5.74, 6) is 0.169. The van der Waals surface area contributed by atoms with E-state index in [1.54, 1.807) is 11.8 Å². The summed E-state index contributed by atoms with van der Waals surface area (Å²) in [7, 11) is 0. The zero-order chi connectivity index (χ0) is 24.1. The van der Waals surface area contributed by atoms with E-state index in [4.69, 9.17) is 4.74 Å². The Labute approximate surface area is 200 Å². The lowest BCUT2D eigenvalue weighted by atomic mass is 9.87. The monoisotopic (exact) mass is 502 g/mol. The molecule has 0 saturated heterocycles. The van der Waals surface area contributed by atoms with Gasteiger partial charge in [0.2, 0.25) is 5.91 Å². The van der Waals surface area contributed by atoms with Crippen molar-refractivity contribution in [3.8, 4) is 5.75 Å². The second-order valence-corrected chi connectivity index (χ2v) is 10.4. The topological polar surface area (TPSA) is 58.6 Å². The van der Waals surface area contributed by atoms with E-state index in [0.29, 0.717) is 12.3 Å². The Morgan fingerprint density at radius 2 is 1.78 bits per heavy atom. The van der Waals surface area contributed by atoms with Crippen molar-refractivity contribution < 1.29 is 14.3 Å². The lowest BCUT2D eigenvalue weighted by Gasteiger charge is -2.29. The Kier molecular flexibility index (Phi) is 8.90. The molecule has 0 aliphatic heterocycles. The van der Waals surface area contributed by atoms with Gasteiger partial charge in [0.05, 0.1) is 4.47 Å². The maximum Gasteiger partial charge on any atom is 0.261 e. The van der Waals surface area contributed by atoms with Gasteiger partial charge in [0.1, 0.15) is 11.8 Å². The van der Waals surface area contributed by atoms with Gasteiger partial charge < -0.3 is 15.0 Å². The van der Waals surface area contributed by atoms with Crippen molar-refractivity contribution in [1.29, 1.82) is 0 Å². The standard InChI is InChI=1S/C26H35BrN2O3/c1-17(2)28-25(31)19(4)29(15-20-10-8-9-18(3)13-20)24(30)16-32-23-12-11-21(14-22(23)27)26(5,6)7/h8-14,17,19H,15-16H2,1-7H3,(H,28,31)/t19-/m0/s1. The summed E-state index contributed by atoms with van der Waals surface area (Å²) in [6.45, 7) is 14.2. The maximum atomic E-state index is 13.2. The van der Waals surface area contributed by atoms with Crippen molar-refractivity contribution in [2.75, 3.05) is 6.61 Å². The van der Waals surface area contributed by atoms with Gasteiger partial charge in [-0.3, -0.25) is 9.59 Å². The zero-order valence-corrected chi connectivity index (χ0v) is 21.7. The normalized spacial score (nSPS) is 12.4. The fourth-order valence-electron chi connectivity index (χ4n) is 3.30. The highest BCUT2D eigenvalue weighted by Gasteiger charge is 2.27. The molecule has 32 heavy (non-hydrogen) atoms. The van der Waals surface area contributed by atoms with Crippen molar-refractivity contribution in [3.05, 3.63) is 63.6 Å². The van der Waals surface area contributed by atoms with E-state index >= 15 is 0 Å². The number of benzene rings is 2. The van der Waals surface area contributed by atoms with Gasteiger partial charge in [-0.25, -0.2) is 0 Å². The molecule has 1 atom stereocenters. The van der Waals surface area contributed by atoms with E-state index < -0.39 is 6.04 Å². The molecule has 0 bridgehead atoms. The molecule has 1 N–H and O–H groups in total. The zero-order valence-electron chi connectivity index (χ0n) is 20.2. The highest BCUT2D eigenvalue weighted by molar-refractivity contribution is 9.10. The predicted octanol–water partition coefficient (Wildman–Crippen LogP) is 5.38. The molecule has 2 rings (SSSR count). The Morgan fingerprint density at radius 3 is 2.34 bits per heavy atom. The van der Waals surface area contributed by atoms with Crippen molar-refractivity contribution >= 4 is 27.7 Å². The number of amides is 2. The molecule has 2 aromatic rings. The third-order valence-corrected chi connectivity index (χ3v) is 5.80. The number of hydrogen-bond acceptors (Lipinski definition) is 3. The quantitative estimate of drug-likeness (QED) is 0.527. The van der Waals surface area contributed by atoms with Crippen LogP contribution in [0.4, 0.5) is 0 Å². The van der Waals surface area contributed by atoms with Gasteiger partial charge in [0.15, 0.2) is 6.61 Å². The van der Waals surface area contributed by atoms with Gasteiger partial charge >= 0.3 is 0 Å². The lowest BCUT2D eigenvalue weighted by molar-refractivity contribution is -0.142. The molecule has 0 aromatic heterocycles. The summed E-state index contributed by atoms with van der Waals surface area (Å²) in [6.07, 6.45) is 0. The van der Waals surface area contributed by atoms with Crippen LogP contribution in [0.25, 0.3) is 0 Å². The molecule has 6 heteroatoms. The van der Waals surface area contributed by atoms with E-state index in [1.807, 2.05) is 63.2 Å². The van der Waals surface area contributed by atoms with Crippen molar-refractivity contribution in [1.82, 2.24) is 10.2 Å². The minimum atomic E-state index is -0.624. The summed E-state index contributed by atoms with van der Waals surface area (Å²) in [4.78, 5) is 27.4. The van der Waals surface area contributed by atoms with E-state index in [0.717, 1.165) is 15.6 Å². The molecule has 0 spiro atoms. The van der Waals surface area contributed by atoms with E-state index in [2.05, 4.69) is 42.0 Å². The largest absolute Gasteiger partial charge is 0.483 e. The number of carbonyl (C=O) groups is 2. The molecule has 0 fully saturated rings. The Morgan fingerprint density at radius 1 is 1.09 bits per heavy atom. The van der Waals surface area contributed by atoms with Crippen LogP contribution in [0.1, 0.15) is 58.2 Å². The first-order chi connectivity index (χ1) is 14.9. The van der Waals surface area contributed by atoms with Gasteiger partial charge in [0, 0.05) is 12.6 Å². The summed E-state index contributed by atoms with van der Waals surface area (Å²) >= 11 is 3.55. The molecule has 5 nitrogen and oxygen atoms in total. The SMILES string of the molecule is Cc1cccc(CN(C(=O)COc2ccc(C(C)(C)C)cc2Br)[C@@H](C)C(=O)NC(C)C)c1. The molecular formula is C26H35BrN2O3. The van der Waals surface area contributed by atoms with E-state index in [-0.39, 0.29) is 29.9 Å². The van der Waals surface area contributed by atoms with Gasteiger partial charge in [-0.05, 0) is 72.3 Å². The molecule has 0 aliphatic rings. The van der Waals surface area contributed by atoms with Gasteiger partial charge in [0.25, 0.3) is 5.91 Å². The maximum absolute atomic E-state index is 13.2. The number of aryl methyl sites for hydroxylation is 1. The predicted molar refractivity (Wildman–Crippen MR) is 133 cm³/mol. The van der Waals surface area contributed by atoms with E-state index in [1.165, 1.54) is 5.56 Å². The third-order valence-electron chi connectivity index (χ3n) is 5.18. The average Bonchev–Trinajstić information content (AvgIpc) is 2.69. The lowest BCUT2D eigenvalue weighted by Crippen LogP contribution is -2.50. The van der Waals surface area contributed by atoms with Crippen LogP contribution < -0.4 is 10.1 Å². The number of nitrogens with one attached hydrogen (secondary N) is 1. The highest BCUT2D eigenvalue weighted by atomic mass is 79.9. The van der Waals surface area contributed by atoms with Gasteiger partial charge in [-0.1, -0.05) is 56.7 Å². The van der Waals surface area contributed by atoms with Crippen LogP contribution in [0.15, 0.2) is 46.9 Å². The number of carbonyl (C=O) groups excluding carboxylic acids is 2. The number of hydrogen-bond donors (Lipinski definition) is 1. The molecule has 2 amide bonds. The van der Waals surface area contributed by atoms with Crippen LogP contribution in [0.5, 0.6) is 5.75 Å². The molecule has 0 unspecified atom stereocenters. The highest BCUT2D eigenvalue weighted by Crippen LogP contribution is 2.31. The van der Waals surface area contributed by atoms with Crippen LogP contribution in [-0.4, -0.2) is 35.4 Å². The minimum absolute atomic E-state index is 0.00518. The molecular weight excluding hydrogens is 468 g/mol. The number of nitrogens with zero attached hydrogens (tertiary/aromatic N) is 1. The number of ether oxygens (including phenoxy) is 1. The van der Waals surface area contributed by atoms with E-state index in [9.17, 15) is 9.59 Å². The van der Waals surface area contributed by atoms with Crippen molar-refractivity contribution in [3.63, 3.8) is 0 Å². The smallest absolute Gasteiger partial charge is 0.261 e. The van der Waals surface area contributed by atoms with Crippen LogP contribution in [0, 0.1) is 6.92 Å². The molecule has 0 heterocycles. The molecule has 2 aromatic carbocycles. The molecule has 174 valence electrons. The first-order valence-corrected chi connectivity index (χ1v) is 11.8. The second-order valence-electron chi connectivity index (χ2n) is 9.53. The Hall–Kier alpha value is -2.34. The summed E-state index contributed by atoms with van der Waals surface area (Å²) in [5.41, 5.74) is 3.26. The fraction of sp³-hybridized carbons (Fsp3) is 0.462. The minimum Gasteiger partial charge on any atom is -0.483 e. The molecule has 0 saturated carbocycles. The molecule has 0 aliphatic carbocycles. The Bertz CT molecular complexity index is 950. The number of rotatable bonds is 8. The Balaban J connectivity index is 2.19. The first kappa shape index (κ1) is 25.9. The molecule has 0 radical (unpaired) electrons. The van der Waals surface area contributed by atoms with Crippen LogP contribution >= 0.6 is 15.9 Å². The van der Waals surface area contributed by atoms with Crippen LogP contribution in [0.2, 0.25) is 0 Å². The summed E-state index contributed by atoms with van der Waals surface area (Å²) in [6, 6.07) is 13.2. The summed E-state index contributed by atoms with van der Waals surface area (Å²) < 4.78 is 6.65. The van der Waals surface area contributed by atoms with Gasteiger partial charge in [-0.15, -0.1) is 0 Å². The van der Waals surface area contributed by atoms with Crippen LogP contribution in [0.3, 0.4) is 0 Å². The average molecular weight is 503 g/mol. The third kappa shape index (κ3) is 7.37. The second kappa shape index (κ2) is 11.0. The number of halogens is 1. The summed E-state index contributed by atoms with van der Waals surface area (Å²) in [5, 5.41) is 2.90. The fourth-order valence-corrected chi connectivity index (χ4v) is 3.80. The van der Waals surface area contributed by atoms with Gasteiger partial charge in [-0.2, -0.15) is 0 Å². The first-order valence-electron chi connectivity index (χ1n) is 11.0. The van der Waals surface area contributed by atoms with Crippen molar-refractivity contribution in [2.24, 2.45) is 0 Å². The van der Waals surface area contributed by atoms with Crippen LogP contribution in [-0.2, 0) is 21.5 Å².